The van der Waals surface area contributed by atoms with Gasteiger partial charge in [-0.1, -0.05) is 0 Å². The van der Waals surface area contributed by atoms with Gasteiger partial charge in [-0.15, -0.1) is 0 Å². The summed E-state index contributed by atoms with van der Waals surface area (Å²) in [5, 5.41) is 0.666. The molecule has 0 saturated heterocycles. The number of carbonyl (C=O) groups excluding carboxylic acids is 2. The summed E-state index contributed by atoms with van der Waals surface area (Å²) in [5.41, 5.74) is 2.99. The van der Waals surface area contributed by atoms with Gasteiger partial charge in [0.05, 0.1) is 0 Å². The van der Waals surface area contributed by atoms with E-state index in [4.69, 9.17) is 17.0 Å². The minimum atomic E-state index is -4.26. The summed E-state index contributed by atoms with van der Waals surface area (Å²) in [6.45, 7) is 4.71. The molecule has 0 aliphatic heterocycles. The van der Waals surface area contributed by atoms with Crippen LogP contribution >= 0.6 is 11.6 Å². The maximum absolute atomic E-state index is 11.6. The van der Waals surface area contributed by atoms with Crippen molar-refractivity contribution in [3.05, 3.63) is 53.1 Å². The number of carbonyl (C=O) groups is 2. The molecule has 2 aromatic carbocycles. The Morgan fingerprint density at radius 3 is 1.96 bits per heavy atom. The van der Waals surface area contributed by atoms with Crippen molar-refractivity contribution < 1.29 is 15.0 Å². The van der Waals surface area contributed by atoms with Crippen molar-refractivity contribution in [3.8, 4) is 11.1 Å². The molecule has 0 amide bonds. The van der Waals surface area contributed by atoms with Crippen LogP contribution in [-0.4, -0.2) is 34.0 Å². The fourth-order valence-electron chi connectivity index (χ4n) is 2.81. The third-order valence-corrected chi connectivity index (χ3v) is 15.0. The standard InChI is InChI=1S/C14H12Cl.2C2H4O2.CH3.Pb/c1-2-11-3-5-12(6-4-11)13-7-9-14(15)10-8-13;2*1-2(3)4;;/h3,5-10H,2H2,1H3;2*1H3,(H,3,4);1H3;/q;;;;+2/p-2. The Labute approximate surface area is 159 Å². The van der Waals surface area contributed by atoms with E-state index in [2.05, 4.69) is 0 Å². The second kappa shape index (κ2) is 8.31. The number of benzene rings is 2. The molecule has 2 aromatic rings. The number of halogens is 1. The van der Waals surface area contributed by atoms with Gasteiger partial charge in [-0.2, -0.15) is 0 Å². The summed E-state index contributed by atoms with van der Waals surface area (Å²) in [6.07, 6.45) is 0.758. The molecule has 0 spiro atoms. The van der Waals surface area contributed by atoms with Crippen molar-refractivity contribution in [2.45, 2.75) is 31.7 Å². The van der Waals surface area contributed by atoms with Crippen LogP contribution in [0.4, 0.5) is 0 Å². The SMILES string of the molecule is CCc1ccc(-c2ccc(Cl)cc2)c[c]1[Pb]([CH3])([O]C(C)=O)[O]C(C)=O. The fourth-order valence-corrected chi connectivity index (χ4v) is 13.1. The van der Waals surface area contributed by atoms with Crippen molar-refractivity contribution in [2.24, 2.45) is 0 Å². The van der Waals surface area contributed by atoms with Gasteiger partial charge in [0.1, 0.15) is 0 Å². The van der Waals surface area contributed by atoms with E-state index in [1.165, 1.54) is 13.8 Å². The van der Waals surface area contributed by atoms with Crippen molar-refractivity contribution in [1.82, 2.24) is 0 Å². The van der Waals surface area contributed by atoms with E-state index >= 15 is 0 Å². The molecule has 4 nitrogen and oxygen atoms in total. The molecule has 2 rings (SSSR count). The first kappa shape index (κ1) is 19.9. The van der Waals surface area contributed by atoms with Crippen LogP contribution in [0.25, 0.3) is 11.1 Å². The van der Waals surface area contributed by atoms with Gasteiger partial charge in [0, 0.05) is 0 Å². The molecule has 0 radical (unpaired) electrons. The van der Waals surface area contributed by atoms with Crippen LogP contribution in [0.15, 0.2) is 42.5 Å². The van der Waals surface area contributed by atoms with Crippen LogP contribution in [0.5, 0.6) is 0 Å². The molecule has 0 bridgehead atoms. The van der Waals surface area contributed by atoms with Crippen molar-refractivity contribution >= 4 is 48.7 Å². The topological polar surface area (TPSA) is 52.6 Å². The maximum atomic E-state index is 11.6. The normalized spacial score (nSPS) is 11.1. The van der Waals surface area contributed by atoms with Crippen LogP contribution in [-0.2, 0) is 21.4 Å². The van der Waals surface area contributed by atoms with Crippen LogP contribution in [0.1, 0.15) is 26.3 Å². The third kappa shape index (κ3) is 5.04. The van der Waals surface area contributed by atoms with Gasteiger partial charge in [-0.05, 0) is 0 Å². The Kier molecular flexibility index (Phi) is 6.62. The van der Waals surface area contributed by atoms with Crippen LogP contribution in [0, 0.1) is 0 Å². The van der Waals surface area contributed by atoms with E-state index < -0.39 is 34.0 Å². The molecule has 0 aromatic heterocycles. The van der Waals surface area contributed by atoms with Gasteiger partial charge in [0.2, 0.25) is 0 Å². The first-order valence-corrected chi connectivity index (χ1v) is 17.4. The fraction of sp³-hybridized carbons (Fsp3) is 0.263. The molecule has 25 heavy (non-hydrogen) atoms. The summed E-state index contributed by atoms with van der Waals surface area (Å²) in [4.78, 5) is 23.3. The second-order valence-corrected chi connectivity index (χ2v) is 17.3. The van der Waals surface area contributed by atoms with Gasteiger partial charge in [-0.25, -0.2) is 0 Å². The van der Waals surface area contributed by atoms with Gasteiger partial charge in [0.15, 0.2) is 0 Å². The average molecular weight is 556 g/mol. The zero-order valence-corrected chi connectivity index (χ0v) is 19.4. The molecule has 0 atom stereocenters. The summed E-state index contributed by atoms with van der Waals surface area (Å²) in [5.74, 6) is -0.853. The molecule has 0 aliphatic rings. The summed E-state index contributed by atoms with van der Waals surface area (Å²) >= 11 is 1.70. The molecule has 0 saturated carbocycles. The van der Waals surface area contributed by atoms with E-state index in [9.17, 15) is 9.59 Å². The van der Waals surface area contributed by atoms with E-state index in [1.54, 1.807) is 4.48 Å². The van der Waals surface area contributed by atoms with E-state index in [0.29, 0.717) is 5.02 Å². The monoisotopic (exact) mass is 556 g/mol. The molecule has 0 aliphatic carbocycles. The zero-order valence-electron chi connectivity index (χ0n) is 14.8. The molecular weight excluding hydrogens is 535 g/mol. The van der Waals surface area contributed by atoms with Crippen molar-refractivity contribution in [3.63, 3.8) is 0 Å². The summed E-state index contributed by atoms with van der Waals surface area (Å²) < 4.78 is 13.9. The van der Waals surface area contributed by atoms with Gasteiger partial charge in [-0.3, -0.25) is 0 Å². The molecule has 6 heteroatoms. The predicted octanol–water partition coefficient (Wildman–Crippen LogP) is 3.97. The number of aryl methyl sites for hydroxylation is 1. The summed E-state index contributed by atoms with van der Waals surface area (Å²) in [6, 6.07) is 13.5. The molecule has 0 N–H and O–H groups in total. The van der Waals surface area contributed by atoms with Crippen LogP contribution in [0.2, 0.25) is 9.51 Å². The first-order chi connectivity index (χ1) is 11.7. The Hall–Kier alpha value is -1.41. The van der Waals surface area contributed by atoms with Gasteiger partial charge >= 0.3 is 160 Å². The predicted molar refractivity (Wildman–Crippen MR) is 101 cm³/mol. The molecule has 0 fully saturated rings. The van der Waals surface area contributed by atoms with E-state index in [-0.39, 0.29) is 0 Å². The van der Waals surface area contributed by atoms with E-state index in [1.807, 2.05) is 49.4 Å². The first-order valence-electron chi connectivity index (χ1n) is 8.03. The third-order valence-electron chi connectivity index (χ3n) is 3.83. The number of hydrogen-bond donors (Lipinski definition) is 0. The Bertz CT molecular complexity index is 771. The zero-order chi connectivity index (χ0) is 18.6. The Morgan fingerprint density at radius 1 is 0.960 bits per heavy atom. The number of rotatable bonds is 5. The quantitative estimate of drug-likeness (QED) is 0.524. The average Bonchev–Trinajstić information content (AvgIpc) is 2.53. The molecule has 132 valence electrons. The van der Waals surface area contributed by atoms with Gasteiger partial charge in [0.25, 0.3) is 0 Å². The second-order valence-electron chi connectivity index (χ2n) is 5.87. The summed E-state index contributed by atoms with van der Waals surface area (Å²) in [7, 11) is 0. The molecule has 0 heterocycles. The minimum absolute atomic E-state index is 0.427. The van der Waals surface area contributed by atoms with Crippen LogP contribution < -0.4 is 3.12 Å². The van der Waals surface area contributed by atoms with E-state index in [0.717, 1.165) is 26.2 Å². The molecular formula is C19H21ClO4Pb. The van der Waals surface area contributed by atoms with Gasteiger partial charge < -0.3 is 0 Å². The Balaban J connectivity index is 2.59. The molecule has 0 unspecified atom stereocenters. The van der Waals surface area contributed by atoms with Crippen LogP contribution in [0.3, 0.4) is 0 Å². The Morgan fingerprint density at radius 2 is 1.48 bits per heavy atom. The number of hydrogen-bond acceptors (Lipinski definition) is 4. The van der Waals surface area contributed by atoms with Crippen molar-refractivity contribution in [2.75, 3.05) is 0 Å². The van der Waals surface area contributed by atoms with Crippen molar-refractivity contribution in [1.29, 1.82) is 0 Å².